The van der Waals surface area contributed by atoms with Gasteiger partial charge in [-0.1, -0.05) is 12.1 Å². The number of hydrogen-bond acceptors (Lipinski definition) is 7. The third-order valence-corrected chi connectivity index (χ3v) is 5.47. The van der Waals surface area contributed by atoms with Crippen LogP contribution in [0.5, 0.6) is 5.88 Å². The monoisotopic (exact) mass is 418 g/mol. The summed E-state index contributed by atoms with van der Waals surface area (Å²) in [5.74, 6) is 0.0159. The van der Waals surface area contributed by atoms with Gasteiger partial charge in [0.25, 0.3) is 5.91 Å². The Hall–Kier alpha value is -3.74. The zero-order valence-electron chi connectivity index (χ0n) is 16.9. The number of benzene rings is 1. The number of aromatic hydroxyl groups is 1. The van der Waals surface area contributed by atoms with Crippen molar-refractivity contribution in [3.8, 4) is 28.9 Å². The predicted molar refractivity (Wildman–Crippen MR) is 112 cm³/mol. The quantitative estimate of drug-likeness (QED) is 0.588. The van der Waals surface area contributed by atoms with Crippen molar-refractivity contribution in [3.63, 3.8) is 0 Å². The van der Waals surface area contributed by atoms with Crippen molar-refractivity contribution >= 4 is 5.91 Å². The number of amides is 1. The van der Waals surface area contributed by atoms with E-state index in [-0.39, 0.29) is 17.8 Å². The number of pyridine rings is 1. The van der Waals surface area contributed by atoms with E-state index in [1.807, 2.05) is 11.9 Å². The molecule has 3 N–H and O–H groups in total. The maximum Gasteiger partial charge on any atom is 0.253 e. The van der Waals surface area contributed by atoms with Gasteiger partial charge in [0, 0.05) is 25.2 Å². The van der Waals surface area contributed by atoms with E-state index < -0.39 is 6.23 Å². The molecule has 31 heavy (non-hydrogen) atoms. The van der Waals surface area contributed by atoms with E-state index in [1.165, 1.54) is 17.1 Å². The first-order valence-electron chi connectivity index (χ1n) is 9.89. The van der Waals surface area contributed by atoms with Gasteiger partial charge in [-0.05, 0) is 43.3 Å². The average Bonchev–Trinajstić information content (AvgIpc) is 3.17. The zero-order valence-corrected chi connectivity index (χ0v) is 16.9. The Bertz CT molecular complexity index is 1120. The van der Waals surface area contributed by atoms with Crippen LogP contribution in [0.3, 0.4) is 0 Å². The van der Waals surface area contributed by atoms with Gasteiger partial charge in [0.05, 0.1) is 29.0 Å². The molecular weight excluding hydrogens is 396 g/mol. The van der Waals surface area contributed by atoms with Gasteiger partial charge in [-0.25, -0.2) is 4.98 Å². The van der Waals surface area contributed by atoms with E-state index in [1.54, 1.807) is 36.4 Å². The molecule has 4 rings (SSSR count). The first kappa shape index (κ1) is 20.5. The molecule has 1 amide bonds. The maximum atomic E-state index is 12.5. The Kier molecular flexibility index (Phi) is 5.66. The van der Waals surface area contributed by atoms with Crippen LogP contribution in [0.4, 0.5) is 0 Å². The van der Waals surface area contributed by atoms with Crippen molar-refractivity contribution in [2.75, 3.05) is 13.6 Å². The molecule has 3 heterocycles. The number of likely N-dealkylation sites (tertiary alicyclic amines) is 1. The number of aliphatic hydroxyl groups is 1. The van der Waals surface area contributed by atoms with Crippen LogP contribution in [0.2, 0.25) is 0 Å². The minimum Gasteiger partial charge on any atom is -0.493 e. The van der Waals surface area contributed by atoms with Gasteiger partial charge in [-0.15, -0.1) is 0 Å². The third-order valence-electron chi connectivity index (χ3n) is 5.47. The number of carbonyl (C=O) groups excluding carboxylic acids is 1. The second-order valence-corrected chi connectivity index (χ2v) is 7.54. The normalized spacial score (nSPS) is 19.0. The summed E-state index contributed by atoms with van der Waals surface area (Å²) in [4.78, 5) is 18.6. The standard InChI is InChI=1S/C22H22N6O3/c1-27-9-8-17(10-20(27)29)26-21(30)16-6-7-19(24-12-16)28-22(31)18(13-25-28)15-4-2-14(11-23)3-5-15/h2-7,12-13,17,20,29,31H,8-10H2,1H3,(H,26,30)/t17?,20-/m1/s1. The molecule has 1 aliphatic rings. The molecule has 1 fully saturated rings. The molecule has 9 nitrogen and oxygen atoms in total. The van der Waals surface area contributed by atoms with Crippen LogP contribution < -0.4 is 5.32 Å². The average molecular weight is 418 g/mol. The first-order valence-corrected chi connectivity index (χ1v) is 9.89. The summed E-state index contributed by atoms with van der Waals surface area (Å²) in [5, 5.41) is 36.6. The summed E-state index contributed by atoms with van der Waals surface area (Å²) in [6.45, 7) is 0.712. The Morgan fingerprint density at radius 3 is 2.65 bits per heavy atom. The highest BCUT2D eigenvalue weighted by molar-refractivity contribution is 5.94. The molecule has 0 saturated carbocycles. The molecule has 2 aromatic heterocycles. The van der Waals surface area contributed by atoms with Gasteiger partial charge in [-0.2, -0.15) is 15.0 Å². The lowest BCUT2D eigenvalue weighted by molar-refractivity contribution is -0.0164. The third kappa shape index (κ3) is 4.26. The van der Waals surface area contributed by atoms with Crippen molar-refractivity contribution in [2.24, 2.45) is 0 Å². The summed E-state index contributed by atoms with van der Waals surface area (Å²) in [6.07, 6.45) is 3.63. The predicted octanol–water partition coefficient (Wildman–Crippen LogP) is 1.65. The number of piperidine rings is 1. The zero-order chi connectivity index (χ0) is 22.0. The number of aliphatic hydroxyl groups excluding tert-OH is 1. The van der Waals surface area contributed by atoms with Gasteiger partial charge in [0.1, 0.15) is 6.23 Å². The Morgan fingerprint density at radius 2 is 2.00 bits per heavy atom. The topological polar surface area (TPSA) is 127 Å². The lowest BCUT2D eigenvalue weighted by Gasteiger charge is -2.34. The minimum atomic E-state index is -0.562. The number of hydrogen-bond donors (Lipinski definition) is 3. The Balaban J connectivity index is 1.47. The molecule has 1 aliphatic heterocycles. The maximum absolute atomic E-state index is 12.5. The van der Waals surface area contributed by atoms with Gasteiger partial charge < -0.3 is 15.5 Å². The molecule has 1 unspecified atom stereocenters. The van der Waals surface area contributed by atoms with Crippen LogP contribution in [0.15, 0.2) is 48.8 Å². The van der Waals surface area contributed by atoms with Crippen molar-refractivity contribution < 1.29 is 15.0 Å². The van der Waals surface area contributed by atoms with Crippen LogP contribution >= 0.6 is 0 Å². The number of nitrogens with zero attached hydrogens (tertiary/aromatic N) is 5. The largest absolute Gasteiger partial charge is 0.493 e. The van der Waals surface area contributed by atoms with E-state index in [0.29, 0.717) is 35.5 Å². The first-order chi connectivity index (χ1) is 15.0. The molecule has 1 saturated heterocycles. The SMILES string of the molecule is CN1CCC(NC(=O)c2ccc(-n3ncc(-c4ccc(C#N)cc4)c3O)nc2)C[C@H]1O. The summed E-state index contributed by atoms with van der Waals surface area (Å²) >= 11 is 0. The summed E-state index contributed by atoms with van der Waals surface area (Å²) in [7, 11) is 1.85. The molecule has 3 aromatic rings. The van der Waals surface area contributed by atoms with Crippen LogP contribution in [0.1, 0.15) is 28.8 Å². The van der Waals surface area contributed by atoms with E-state index in [2.05, 4.69) is 21.5 Å². The summed E-state index contributed by atoms with van der Waals surface area (Å²) in [5.41, 5.74) is 2.14. The van der Waals surface area contributed by atoms with E-state index in [4.69, 9.17) is 5.26 Å². The fraction of sp³-hybridized carbons (Fsp3) is 0.273. The van der Waals surface area contributed by atoms with Gasteiger partial charge in [-0.3, -0.25) is 9.69 Å². The van der Waals surface area contributed by atoms with E-state index >= 15 is 0 Å². The highest BCUT2D eigenvalue weighted by Crippen LogP contribution is 2.30. The van der Waals surface area contributed by atoms with E-state index in [0.717, 1.165) is 12.0 Å². The fourth-order valence-electron chi connectivity index (χ4n) is 3.54. The van der Waals surface area contributed by atoms with Gasteiger partial charge >= 0.3 is 0 Å². The van der Waals surface area contributed by atoms with Crippen LogP contribution in [0, 0.1) is 11.3 Å². The van der Waals surface area contributed by atoms with Gasteiger partial charge in [0.15, 0.2) is 5.82 Å². The van der Waals surface area contributed by atoms with Crippen LogP contribution in [-0.4, -0.2) is 61.6 Å². The molecule has 0 bridgehead atoms. The van der Waals surface area contributed by atoms with E-state index in [9.17, 15) is 15.0 Å². The summed E-state index contributed by atoms with van der Waals surface area (Å²) in [6, 6.07) is 12.0. The van der Waals surface area contributed by atoms with Crippen molar-refractivity contribution in [1.29, 1.82) is 5.26 Å². The molecule has 0 radical (unpaired) electrons. The fourth-order valence-corrected chi connectivity index (χ4v) is 3.54. The van der Waals surface area contributed by atoms with Crippen LogP contribution in [-0.2, 0) is 0 Å². The lowest BCUT2D eigenvalue weighted by Crippen LogP contribution is -2.48. The Morgan fingerprint density at radius 1 is 1.23 bits per heavy atom. The molecule has 0 spiro atoms. The second-order valence-electron chi connectivity index (χ2n) is 7.54. The smallest absolute Gasteiger partial charge is 0.253 e. The number of nitriles is 1. The highest BCUT2D eigenvalue weighted by Gasteiger charge is 2.25. The number of aromatic nitrogens is 3. The minimum absolute atomic E-state index is 0.0882. The van der Waals surface area contributed by atoms with Crippen molar-refractivity contribution in [1.82, 2.24) is 25.0 Å². The van der Waals surface area contributed by atoms with Crippen LogP contribution in [0.25, 0.3) is 16.9 Å². The number of carbonyl (C=O) groups is 1. The van der Waals surface area contributed by atoms with Gasteiger partial charge in [0.2, 0.25) is 5.88 Å². The Labute approximate surface area is 179 Å². The molecule has 2 atom stereocenters. The molecule has 0 aliphatic carbocycles. The highest BCUT2D eigenvalue weighted by atomic mass is 16.3. The van der Waals surface area contributed by atoms with Crippen molar-refractivity contribution in [3.05, 3.63) is 59.9 Å². The second kappa shape index (κ2) is 8.55. The molecule has 9 heteroatoms. The lowest BCUT2D eigenvalue weighted by atomic mass is 10.0. The summed E-state index contributed by atoms with van der Waals surface area (Å²) < 4.78 is 1.28. The molecular formula is C22H22N6O3. The molecule has 1 aromatic carbocycles. The number of rotatable bonds is 4. The molecule has 158 valence electrons. The van der Waals surface area contributed by atoms with Crippen molar-refractivity contribution in [2.45, 2.75) is 25.1 Å². The number of nitrogens with one attached hydrogen (secondary N) is 1.